The molecular weight excluding hydrogens is 387 g/mol. The highest BCUT2D eigenvalue weighted by Crippen LogP contribution is 2.32. The first-order valence-electron chi connectivity index (χ1n) is 8.96. The maximum absolute atomic E-state index is 12.6. The van der Waals surface area contributed by atoms with E-state index in [2.05, 4.69) is 0 Å². The molecule has 0 heterocycles. The molecule has 140 valence electrons. The van der Waals surface area contributed by atoms with E-state index in [1.165, 1.54) is 0 Å². The maximum atomic E-state index is 12.6. The summed E-state index contributed by atoms with van der Waals surface area (Å²) in [4.78, 5) is 0. The van der Waals surface area contributed by atoms with Gasteiger partial charge < -0.3 is 8.85 Å². The molecule has 0 amide bonds. The van der Waals surface area contributed by atoms with Gasteiger partial charge in [-0.15, -0.1) is 0 Å². The van der Waals surface area contributed by atoms with Crippen molar-refractivity contribution in [3.8, 4) is 11.5 Å². The van der Waals surface area contributed by atoms with E-state index < -0.39 is 9.17 Å². The standard InChI is InChI=1S/C20H24Cl2O3Si/c1-5-13-15(7-3)19(11-9-17(13)21)24-26(23)25-20-12-10-18(22)14(6-2)16(20)8-4/h9-12H,5-8H2,1-4H3. The molecule has 0 saturated heterocycles. The fourth-order valence-electron chi connectivity index (χ4n) is 3.22. The monoisotopic (exact) mass is 410 g/mol. The van der Waals surface area contributed by atoms with E-state index in [0.717, 1.165) is 47.9 Å². The largest absolute Gasteiger partial charge is 0.778 e. The van der Waals surface area contributed by atoms with E-state index >= 15 is 0 Å². The molecule has 2 aromatic carbocycles. The Hall–Kier alpha value is -1.36. The zero-order chi connectivity index (χ0) is 19.3. The molecule has 0 spiro atoms. The molecule has 0 atom stereocenters. The summed E-state index contributed by atoms with van der Waals surface area (Å²) in [5.74, 6) is 1.14. The minimum Gasteiger partial charge on any atom is -0.459 e. The molecule has 0 aliphatic carbocycles. The van der Waals surface area contributed by atoms with Gasteiger partial charge >= 0.3 is 9.17 Å². The summed E-state index contributed by atoms with van der Waals surface area (Å²) in [7, 11) is -2.77. The highest BCUT2D eigenvalue weighted by Gasteiger charge is 2.21. The normalized spacial score (nSPS) is 10.7. The summed E-state index contributed by atoms with van der Waals surface area (Å²) in [6.45, 7) is 8.13. The van der Waals surface area contributed by atoms with Gasteiger partial charge in [0, 0.05) is 10.0 Å². The summed E-state index contributed by atoms with van der Waals surface area (Å²) in [6.07, 6.45) is 3.07. The molecule has 0 radical (unpaired) electrons. The molecule has 26 heavy (non-hydrogen) atoms. The third-order valence-electron chi connectivity index (χ3n) is 4.46. The van der Waals surface area contributed by atoms with Crippen molar-refractivity contribution in [2.24, 2.45) is 0 Å². The molecule has 6 heteroatoms. The first kappa shape index (κ1) is 20.9. The van der Waals surface area contributed by atoms with E-state index in [0.29, 0.717) is 21.5 Å². The van der Waals surface area contributed by atoms with E-state index in [1.54, 1.807) is 24.3 Å². The molecule has 0 unspecified atom stereocenters. The number of hydrogen-bond donors (Lipinski definition) is 0. The van der Waals surface area contributed by atoms with Gasteiger partial charge in [0.1, 0.15) is 11.5 Å². The van der Waals surface area contributed by atoms with Crippen LogP contribution in [0.1, 0.15) is 49.9 Å². The lowest BCUT2D eigenvalue weighted by Gasteiger charge is -2.16. The van der Waals surface area contributed by atoms with Gasteiger partial charge in [-0.3, -0.25) is 4.46 Å². The zero-order valence-corrected chi connectivity index (χ0v) is 18.1. The Labute approximate surface area is 167 Å². The van der Waals surface area contributed by atoms with Crippen LogP contribution in [0.15, 0.2) is 24.3 Å². The summed E-state index contributed by atoms with van der Waals surface area (Å²) in [6, 6.07) is 7.07. The van der Waals surface area contributed by atoms with Crippen LogP contribution in [-0.2, 0) is 30.1 Å². The first-order valence-corrected chi connectivity index (χ1v) is 10.9. The van der Waals surface area contributed by atoms with Gasteiger partial charge in [-0.05, 0) is 72.2 Å². The van der Waals surface area contributed by atoms with Crippen LogP contribution in [0.25, 0.3) is 0 Å². The highest BCUT2D eigenvalue weighted by molar-refractivity contribution is 6.32. The fourth-order valence-corrected chi connectivity index (χ4v) is 4.62. The lowest BCUT2D eigenvalue weighted by atomic mass is 10.0. The zero-order valence-electron chi connectivity index (χ0n) is 15.6. The number of halogens is 2. The third-order valence-corrected chi connectivity index (χ3v) is 5.94. The Morgan fingerprint density at radius 3 is 1.35 bits per heavy atom. The van der Waals surface area contributed by atoms with Gasteiger partial charge in [0.15, 0.2) is 0 Å². The Balaban J connectivity index is 2.28. The molecular formula is C20H24Cl2O3Si. The van der Waals surface area contributed by atoms with Crippen LogP contribution < -0.4 is 8.85 Å². The van der Waals surface area contributed by atoms with Crippen LogP contribution in [-0.4, -0.2) is 9.17 Å². The number of rotatable bonds is 8. The average molecular weight is 411 g/mol. The molecule has 3 nitrogen and oxygen atoms in total. The topological polar surface area (TPSA) is 35.5 Å². The van der Waals surface area contributed by atoms with Gasteiger partial charge in [-0.2, -0.15) is 0 Å². The van der Waals surface area contributed by atoms with Gasteiger partial charge in [0.05, 0.1) is 0 Å². The summed E-state index contributed by atoms with van der Waals surface area (Å²) in [5, 5.41) is 1.41. The van der Waals surface area contributed by atoms with E-state index in [-0.39, 0.29) is 0 Å². The molecule has 0 bridgehead atoms. The van der Waals surface area contributed by atoms with Crippen molar-refractivity contribution in [1.29, 1.82) is 0 Å². The van der Waals surface area contributed by atoms with E-state index in [9.17, 15) is 4.46 Å². The molecule has 0 aliphatic heterocycles. The van der Waals surface area contributed by atoms with E-state index in [4.69, 9.17) is 32.1 Å². The highest BCUT2D eigenvalue weighted by atomic mass is 35.5. The van der Waals surface area contributed by atoms with Gasteiger partial charge in [0.25, 0.3) is 0 Å². The van der Waals surface area contributed by atoms with Crippen molar-refractivity contribution in [3.63, 3.8) is 0 Å². The van der Waals surface area contributed by atoms with Crippen molar-refractivity contribution < 1.29 is 13.3 Å². The summed E-state index contributed by atoms with van der Waals surface area (Å²) in [5.41, 5.74) is 4.00. The first-order chi connectivity index (χ1) is 12.5. The van der Waals surface area contributed by atoms with Crippen LogP contribution >= 0.6 is 23.2 Å². The second-order valence-electron chi connectivity index (χ2n) is 5.87. The Morgan fingerprint density at radius 2 is 1.04 bits per heavy atom. The minimum absolute atomic E-state index is 0.570. The quantitative estimate of drug-likeness (QED) is 0.491. The van der Waals surface area contributed by atoms with Crippen molar-refractivity contribution >= 4 is 32.4 Å². The van der Waals surface area contributed by atoms with Crippen molar-refractivity contribution in [2.45, 2.75) is 53.4 Å². The maximum Gasteiger partial charge on any atom is 0.778 e. The number of hydrogen-bond acceptors (Lipinski definition) is 3. The van der Waals surface area contributed by atoms with Gasteiger partial charge in [-0.25, -0.2) is 0 Å². The van der Waals surface area contributed by atoms with Crippen LogP contribution in [0.2, 0.25) is 10.0 Å². The second-order valence-corrected chi connectivity index (χ2v) is 7.60. The third kappa shape index (κ3) is 4.48. The molecule has 0 saturated carbocycles. The second kappa shape index (κ2) is 9.54. The minimum atomic E-state index is -2.77. The predicted molar refractivity (Wildman–Crippen MR) is 108 cm³/mol. The predicted octanol–water partition coefficient (Wildman–Crippen LogP) is 6.12. The summed E-state index contributed by atoms with van der Waals surface area (Å²) >= 11 is 12.5. The molecule has 0 aromatic heterocycles. The molecule has 0 aliphatic rings. The van der Waals surface area contributed by atoms with Crippen molar-refractivity contribution in [3.05, 3.63) is 56.6 Å². The number of benzene rings is 2. The lowest BCUT2D eigenvalue weighted by molar-refractivity contribution is 0.343. The Morgan fingerprint density at radius 1 is 0.692 bits per heavy atom. The van der Waals surface area contributed by atoms with E-state index in [1.807, 2.05) is 27.7 Å². The van der Waals surface area contributed by atoms with Crippen LogP contribution in [0, 0.1) is 0 Å². The van der Waals surface area contributed by atoms with Gasteiger partial charge in [-0.1, -0.05) is 50.9 Å². The van der Waals surface area contributed by atoms with Crippen LogP contribution in [0.4, 0.5) is 0 Å². The average Bonchev–Trinajstić information content (AvgIpc) is 2.63. The smallest absolute Gasteiger partial charge is 0.459 e. The van der Waals surface area contributed by atoms with Crippen LogP contribution in [0.3, 0.4) is 0 Å². The Bertz CT molecular complexity index is 741. The van der Waals surface area contributed by atoms with Crippen LogP contribution in [0.5, 0.6) is 11.5 Å². The molecule has 0 fully saturated rings. The SMILES string of the molecule is CCc1c(Cl)ccc(O[Si](=O)Oc2ccc(Cl)c(CC)c2CC)c1CC. The lowest BCUT2D eigenvalue weighted by Crippen LogP contribution is -2.21. The van der Waals surface area contributed by atoms with Crippen molar-refractivity contribution in [2.75, 3.05) is 0 Å². The Kier molecular flexibility index (Phi) is 7.68. The summed E-state index contributed by atoms with van der Waals surface area (Å²) < 4.78 is 23.9. The fraction of sp³-hybridized carbons (Fsp3) is 0.400. The molecule has 0 N–H and O–H groups in total. The van der Waals surface area contributed by atoms with Crippen molar-refractivity contribution in [1.82, 2.24) is 0 Å². The molecule has 2 rings (SSSR count). The molecule has 2 aromatic rings. The van der Waals surface area contributed by atoms with Gasteiger partial charge in [0.2, 0.25) is 0 Å².